The number of aryl methyl sites for hydroxylation is 1. The summed E-state index contributed by atoms with van der Waals surface area (Å²) in [7, 11) is 3.44. The molecule has 0 fully saturated rings. The minimum Gasteiger partial charge on any atom is -0.491 e. The summed E-state index contributed by atoms with van der Waals surface area (Å²) in [4.78, 5) is 4.05. The second-order valence-corrected chi connectivity index (χ2v) is 5.14. The summed E-state index contributed by atoms with van der Waals surface area (Å²) in [6, 6.07) is 7.01. The molecule has 1 heterocycles. The number of rotatable bonds is 6. The van der Waals surface area contributed by atoms with Crippen LogP contribution in [0.25, 0.3) is 0 Å². The lowest BCUT2D eigenvalue weighted by Crippen LogP contribution is -2.39. The third-order valence-corrected chi connectivity index (χ3v) is 3.43. The maximum Gasteiger partial charge on any atom is 0.419 e. The molecular formula is C16H21F3IN5O. The van der Waals surface area contributed by atoms with Crippen LogP contribution in [0.5, 0.6) is 5.75 Å². The van der Waals surface area contributed by atoms with Crippen LogP contribution in [-0.4, -0.2) is 35.9 Å². The molecule has 2 N–H and O–H groups in total. The number of hydrogen-bond acceptors (Lipinski definition) is 3. The highest BCUT2D eigenvalue weighted by atomic mass is 127. The molecule has 2 aromatic rings. The van der Waals surface area contributed by atoms with Gasteiger partial charge in [0.25, 0.3) is 0 Å². The van der Waals surface area contributed by atoms with E-state index in [1.807, 2.05) is 13.1 Å². The molecule has 0 unspecified atom stereocenters. The molecule has 0 amide bonds. The molecule has 26 heavy (non-hydrogen) atoms. The van der Waals surface area contributed by atoms with E-state index in [4.69, 9.17) is 4.74 Å². The van der Waals surface area contributed by atoms with Gasteiger partial charge in [0.05, 0.1) is 24.3 Å². The summed E-state index contributed by atoms with van der Waals surface area (Å²) in [6.07, 6.45) is -2.75. The Kier molecular flexibility index (Phi) is 8.69. The molecule has 0 aliphatic carbocycles. The number of ether oxygens (including phenoxy) is 1. The lowest BCUT2D eigenvalue weighted by atomic mass is 10.2. The van der Waals surface area contributed by atoms with E-state index in [0.29, 0.717) is 19.0 Å². The van der Waals surface area contributed by atoms with E-state index in [2.05, 4.69) is 20.7 Å². The van der Waals surface area contributed by atoms with Crippen molar-refractivity contribution in [3.63, 3.8) is 0 Å². The van der Waals surface area contributed by atoms with Gasteiger partial charge in [-0.15, -0.1) is 24.0 Å². The van der Waals surface area contributed by atoms with E-state index >= 15 is 0 Å². The van der Waals surface area contributed by atoms with Crippen LogP contribution in [0.2, 0.25) is 0 Å². The lowest BCUT2D eigenvalue weighted by molar-refractivity contribution is -0.138. The second-order valence-electron chi connectivity index (χ2n) is 5.14. The van der Waals surface area contributed by atoms with Crippen LogP contribution < -0.4 is 15.4 Å². The zero-order valence-electron chi connectivity index (χ0n) is 14.4. The van der Waals surface area contributed by atoms with Gasteiger partial charge >= 0.3 is 6.18 Å². The summed E-state index contributed by atoms with van der Waals surface area (Å²) in [5.41, 5.74) is 0.187. The Morgan fingerprint density at radius 1 is 1.23 bits per heavy atom. The summed E-state index contributed by atoms with van der Waals surface area (Å²) >= 11 is 0. The Hall–Kier alpha value is -1.98. The van der Waals surface area contributed by atoms with Crippen molar-refractivity contribution in [3.8, 4) is 5.75 Å². The molecule has 144 valence electrons. The first kappa shape index (κ1) is 22.1. The van der Waals surface area contributed by atoms with Crippen LogP contribution in [0.4, 0.5) is 13.2 Å². The Balaban J connectivity index is 0.00000338. The topological polar surface area (TPSA) is 63.5 Å². The molecule has 0 atom stereocenters. The van der Waals surface area contributed by atoms with Gasteiger partial charge in [-0.25, -0.2) is 0 Å². The Morgan fingerprint density at radius 2 is 1.96 bits per heavy atom. The molecule has 0 radical (unpaired) electrons. The monoisotopic (exact) mass is 483 g/mol. The molecule has 10 heteroatoms. The minimum absolute atomic E-state index is 0. The number of nitrogens with one attached hydrogen (secondary N) is 2. The predicted molar refractivity (Wildman–Crippen MR) is 104 cm³/mol. The minimum atomic E-state index is -4.44. The van der Waals surface area contributed by atoms with Crippen LogP contribution in [0.3, 0.4) is 0 Å². The molecule has 0 saturated carbocycles. The molecule has 0 spiro atoms. The summed E-state index contributed by atoms with van der Waals surface area (Å²) in [5, 5.41) is 10.1. The van der Waals surface area contributed by atoms with E-state index in [1.165, 1.54) is 18.2 Å². The van der Waals surface area contributed by atoms with Gasteiger partial charge in [0, 0.05) is 20.3 Å². The molecule has 2 rings (SSSR count). The highest BCUT2D eigenvalue weighted by molar-refractivity contribution is 14.0. The van der Waals surface area contributed by atoms with Gasteiger partial charge in [-0.3, -0.25) is 9.67 Å². The van der Waals surface area contributed by atoms with Gasteiger partial charge in [-0.2, -0.15) is 18.3 Å². The maximum absolute atomic E-state index is 12.9. The fraction of sp³-hybridized carbons (Fsp3) is 0.375. The number of nitrogens with zero attached hydrogens (tertiary/aromatic N) is 3. The van der Waals surface area contributed by atoms with E-state index in [1.54, 1.807) is 17.9 Å². The van der Waals surface area contributed by atoms with Gasteiger partial charge in [-0.05, 0) is 18.2 Å². The van der Waals surface area contributed by atoms with Crippen molar-refractivity contribution in [2.45, 2.75) is 12.7 Å². The SMILES string of the molecule is CN=C(NCCOc1ccccc1C(F)(F)F)NCc1ccnn1C.I. The van der Waals surface area contributed by atoms with Crippen LogP contribution in [0.15, 0.2) is 41.5 Å². The fourth-order valence-corrected chi connectivity index (χ4v) is 2.13. The quantitative estimate of drug-likeness (QED) is 0.287. The summed E-state index contributed by atoms with van der Waals surface area (Å²) in [6.45, 7) is 0.894. The van der Waals surface area contributed by atoms with E-state index in [9.17, 15) is 13.2 Å². The first-order valence-corrected chi connectivity index (χ1v) is 7.62. The molecule has 0 saturated heterocycles. The van der Waals surface area contributed by atoms with E-state index < -0.39 is 11.7 Å². The van der Waals surface area contributed by atoms with Crippen molar-refractivity contribution >= 4 is 29.9 Å². The highest BCUT2D eigenvalue weighted by Gasteiger charge is 2.33. The smallest absolute Gasteiger partial charge is 0.419 e. The maximum atomic E-state index is 12.9. The normalized spacial score (nSPS) is 11.7. The highest BCUT2D eigenvalue weighted by Crippen LogP contribution is 2.35. The third-order valence-electron chi connectivity index (χ3n) is 3.43. The standard InChI is InChI=1S/C16H20F3N5O.HI/c1-20-15(22-11-12-7-8-23-24(12)2)21-9-10-25-14-6-4-3-5-13(14)16(17,18)19;/h3-8H,9-11H2,1-2H3,(H2,20,21,22);1H. The van der Waals surface area contributed by atoms with Crippen LogP contribution >= 0.6 is 24.0 Å². The fourth-order valence-electron chi connectivity index (χ4n) is 2.13. The van der Waals surface area contributed by atoms with Crippen molar-refractivity contribution < 1.29 is 17.9 Å². The van der Waals surface area contributed by atoms with E-state index in [-0.39, 0.29) is 36.3 Å². The van der Waals surface area contributed by atoms with Gasteiger partial charge < -0.3 is 15.4 Å². The van der Waals surface area contributed by atoms with Crippen molar-refractivity contribution in [2.75, 3.05) is 20.2 Å². The van der Waals surface area contributed by atoms with Crippen LogP contribution in [0.1, 0.15) is 11.3 Å². The second kappa shape index (κ2) is 10.2. The lowest BCUT2D eigenvalue weighted by Gasteiger charge is -2.15. The van der Waals surface area contributed by atoms with Crippen molar-refractivity contribution in [1.29, 1.82) is 0 Å². The zero-order valence-corrected chi connectivity index (χ0v) is 16.7. The number of para-hydroxylation sites is 1. The largest absolute Gasteiger partial charge is 0.491 e. The number of alkyl halides is 3. The van der Waals surface area contributed by atoms with Crippen molar-refractivity contribution in [1.82, 2.24) is 20.4 Å². The molecule has 1 aromatic carbocycles. The van der Waals surface area contributed by atoms with Gasteiger partial charge in [0.1, 0.15) is 12.4 Å². The average molecular weight is 483 g/mol. The summed E-state index contributed by atoms with van der Waals surface area (Å²) in [5.74, 6) is 0.337. The average Bonchev–Trinajstić information content (AvgIpc) is 2.99. The van der Waals surface area contributed by atoms with Crippen molar-refractivity contribution in [3.05, 3.63) is 47.8 Å². The summed E-state index contributed by atoms with van der Waals surface area (Å²) < 4.78 is 45.6. The molecule has 0 bridgehead atoms. The van der Waals surface area contributed by atoms with Gasteiger partial charge in [0.2, 0.25) is 0 Å². The molecule has 6 nitrogen and oxygen atoms in total. The molecule has 0 aliphatic heterocycles. The zero-order chi connectivity index (χ0) is 18.3. The number of hydrogen-bond donors (Lipinski definition) is 2. The Morgan fingerprint density at radius 3 is 2.58 bits per heavy atom. The molecule has 1 aromatic heterocycles. The van der Waals surface area contributed by atoms with Gasteiger partial charge in [0.15, 0.2) is 5.96 Å². The Labute approximate surface area is 166 Å². The number of aliphatic imine (C=N–C) groups is 1. The molecular weight excluding hydrogens is 462 g/mol. The van der Waals surface area contributed by atoms with E-state index in [0.717, 1.165) is 11.8 Å². The Bertz CT molecular complexity index is 718. The third kappa shape index (κ3) is 6.39. The first-order valence-electron chi connectivity index (χ1n) is 7.62. The number of benzene rings is 1. The first-order chi connectivity index (χ1) is 11.9. The number of guanidine groups is 1. The van der Waals surface area contributed by atoms with Crippen molar-refractivity contribution in [2.24, 2.45) is 12.0 Å². The number of halogens is 4. The predicted octanol–water partition coefficient (Wildman–Crippen LogP) is 2.80. The molecule has 0 aliphatic rings. The van der Waals surface area contributed by atoms with Gasteiger partial charge in [-0.1, -0.05) is 12.1 Å². The van der Waals surface area contributed by atoms with Crippen LogP contribution in [-0.2, 0) is 19.8 Å². The number of aromatic nitrogens is 2. The van der Waals surface area contributed by atoms with Crippen LogP contribution in [0, 0.1) is 0 Å².